The van der Waals surface area contributed by atoms with Gasteiger partial charge in [0.2, 0.25) is 5.91 Å². The summed E-state index contributed by atoms with van der Waals surface area (Å²) in [6.07, 6.45) is 10.2. The molecule has 0 unspecified atom stereocenters. The minimum absolute atomic E-state index is 0.0544. The van der Waals surface area contributed by atoms with Crippen LogP contribution in [0.5, 0.6) is 0 Å². The third kappa shape index (κ3) is 4.10. The first-order valence-electron chi connectivity index (χ1n) is 13.1. The molecule has 4 aliphatic rings. The van der Waals surface area contributed by atoms with Crippen LogP contribution in [0.3, 0.4) is 0 Å². The van der Waals surface area contributed by atoms with Crippen LogP contribution in [0, 0.1) is 5.92 Å². The highest BCUT2D eigenvalue weighted by Crippen LogP contribution is 2.50. The second-order valence-corrected chi connectivity index (χ2v) is 10.5. The number of amides is 2. The number of carbonyl (C=O) groups excluding carboxylic acids is 2. The molecule has 6 heteroatoms. The number of benzene rings is 1. The highest BCUT2D eigenvalue weighted by molar-refractivity contribution is 6.02. The number of fused-ring (bicyclic) bond motifs is 2. The van der Waals surface area contributed by atoms with E-state index in [-0.39, 0.29) is 17.7 Å². The Balaban J connectivity index is 1.41. The van der Waals surface area contributed by atoms with Crippen molar-refractivity contribution in [1.29, 1.82) is 0 Å². The van der Waals surface area contributed by atoms with Crippen LogP contribution in [0.1, 0.15) is 79.6 Å². The monoisotopic (exact) mass is 453 g/mol. The van der Waals surface area contributed by atoms with Crippen molar-refractivity contribution in [2.45, 2.75) is 75.3 Å². The molecule has 5 rings (SSSR count). The van der Waals surface area contributed by atoms with E-state index >= 15 is 0 Å². The molecule has 3 heterocycles. The van der Waals surface area contributed by atoms with E-state index in [1.165, 1.54) is 45.2 Å². The molecule has 3 atom stereocenters. The molecule has 3 aliphatic heterocycles. The van der Waals surface area contributed by atoms with Gasteiger partial charge in [-0.1, -0.05) is 37.5 Å². The van der Waals surface area contributed by atoms with Crippen molar-refractivity contribution < 1.29 is 14.3 Å². The fraction of sp³-hybridized carbons (Fsp3) is 0.704. The molecule has 0 aromatic heterocycles. The number of nitrogens with one attached hydrogen (secondary N) is 1. The molecule has 2 amide bonds. The van der Waals surface area contributed by atoms with E-state index < -0.39 is 5.54 Å². The molecule has 1 aromatic rings. The summed E-state index contributed by atoms with van der Waals surface area (Å²) in [7, 11) is 1.67. The molecular weight excluding hydrogens is 414 g/mol. The van der Waals surface area contributed by atoms with Gasteiger partial charge >= 0.3 is 0 Å². The largest absolute Gasteiger partial charge is 0.383 e. The zero-order valence-corrected chi connectivity index (χ0v) is 20.1. The second-order valence-electron chi connectivity index (χ2n) is 10.5. The summed E-state index contributed by atoms with van der Waals surface area (Å²) in [5.74, 6) is 0.385. The van der Waals surface area contributed by atoms with Crippen LogP contribution in [-0.4, -0.2) is 73.1 Å². The molecule has 6 nitrogen and oxygen atoms in total. The number of nitrogens with zero attached hydrogens (tertiary/aromatic N) is 2. The SMILES string of the molecule is COCCN1C(=O)c2ccccc2[C@H](C(=O)NC[C@@H]2CCCN3CCCC[C@@H]23)C12CCCC2. The third-order valence-electron chi connectivity index (χ3n) is 8.84. The van der Waals surface area contributed by atoms with Crippen LogP contribution in [0.25, 0.3) is 0 Å². The predicted octanol–water partition coefficient (Wildman–Crippen LogP) is 3.57. The van der Waals surface area contributed by atoms with Gasteiger partial charge < -0.3 is 19.9 Å². The van der Waals surface area contributed by atoms with Gasteiger partial charge in [0.25, 0.3) is 5.91 Å². The van der Waals surface area contributed by atoms with Crippen LogP contribution in [0.2, 0.25) is 0 Å². The maximum atomic E-state index is 14.0. The van der Waals surface area contributed by atoms with Gasteiger partial charge in [-0.25, -0.2) is 0 Å². The lowest BCUT2D eigenvalue weighted by molar-refractivity contribution is -0.127. The lowest BCUT2D eigenvalue weighted by atomic mass is 9.71. The summed E-state index contributed by atoms with van der Waals surface area (Å²) in [6, 6.07) is 8.40. The van der Waals surface area contributed by atoms with Crippen molar-refractivity contribution in [1.82, 2.24) is 15.1 Å². The van der Waals surface area contributed by atoms with Crippen molar-refractivity contribution >= 4 is 11.8 Å². The predicted molar refractivity (Wildman–Crippen MR) is 128 cm³/mol. The zero-order chi connectivity index (χ0) is 22.8. The first-order valence-corrected chi connectivity index (χ1v) is 13.1. The summed E-state index contributed by atoms with van der Waals surface area (Å²) in [6.45, 7) is 4.20. The standard InChI is InChI=1S/C27H39N3O3/c1-33-18-17-30-26(32)22-11-3-2-10-21(22)24(27(30)13-5-6-14-27)25(31)28-19-20-9-8-16-29-15-7-4-12-23(20)29/h2-3,10-11,20,23-24H,4-9,12-19H2,1H3,(H,28,31)/t20-,23-,24+/m0/s1. The minimum atomic E-state index is -0.433. The summed E-state index contributed by atoms with van der Waals surface area (Å²) in [5.41, 5.74) is 1.17. The first kappa shape index (κ1) is 22.9. The molecule has 2 saturated heterocycles. The van der Waals surface area contributed by atoms with E-state index in [2.05, 4.69) is 10.2 Å². The number of ether oxygens (including phenoxy) is 1. The van der Waals surface area contributed by atoms with Crippen molar-refractivity contribution in [3.8, 4) is 0 Å². The van der Waals surface area contributed by atoms with Crippen molar-refractivity contribution in [3.63, 3.8) is 0 Å². The van der Waals surface area contributed by atoms with Crippen LogP contribution in [0.15, 0.2) is 24.3 Å². The van der Waals surface area contributed by atoms with E-state index in [1.807, 2.05) is 29.2 Å². The fourth-order valence-corrected chi connectivity index (χ4v) is 7.32. The lowest BCUT2D eigenvalue weighted by Crippen LogP contribution is -2.61. The van der Waals surface area contributed by atoms with E-state index in [1.54, 1.807) is 7.11 Å². The van der Waals surface area contributed by atoms with Gasteiger partial charge in [-0.3, -0.25) is 9.59 Å². The van der Waals surface area contributed by atoms with E-state index in [0.29, 0.717) is 30.7 Å². The molecule has 1 spiro atoms. The molecular formula is C27H39N3O3. The van der Waals surface area contributed by atoms with Crippen LogP contribution >= 0.6 is 0 Å². The Hall–Kier alpha value is -1.92. The van der Waals surface area contributed by atoms with Crippen molar-refractivity contribution in [3.05, 3.63) is 35.4 Å². The number of methoxy groups -OCH3 is 1. The molecule has 0 radical (unpaired) electrons. The van der Waals surface area contributed by atoms with Gasteiger partial charge in [-0.15, -0.1) is 0 Å². The second kappa shape index (κ2) is 9.75. The van der Waals surface area contributed by atoms with Crippen molar-refractivity contribution in [2.75, 3.05) is 39.9 Å². The van der Waals surface area contributed by atoms with Crippen LogP contribution in [-0.2, 0) is 9.53 Å². The molecule has 1 aromatic carbocycles. The average Bonchev–Trinajstić information content (AvgIpc) is 3.32. The minimum Gasteiger partial charge on any atom is -0.383 e. The Labute approximate surface area is 198 Å². The molecule has 180 valence electrons. The molecule has 1 saturated carbocycles. The topological polar surface area (TPSA) is 61.9 Å². The molecule has 33 heavy (non-hydrogen) atoms. The summed E-state index contributed by atoms with van der Waals surface area (Å²) < 4.78 is 5.36. The number of piperidine rings is 2. The maximum Gasteiger partial charge on any atom is 0.254 e. The molecule has 1 aliphatic carbocycles. The van der Waals surface area contributed by atoms with E-state index in [9.17, 15) is 9.59 Å². The molecule has 1 N–H and O–H groups in total. The van der Waals surface area contributed by atoms with Crippen LogP contribution in [0.4, 0.5) is 0 Å². The Morgan fingerprint density at radius 3 is 2.70 bits per heavy atom. The van der Waals surface area contributed by atoms with Gasteiger partial charge in [0.15, 0.2) is 0 Å². The quantitative estimate of drug-likeness (QED) is 0.715. The first-order chi connectivity index (χ1) is 16.2. The average molecular weight is 454 g/mol. The summed E-state index contributed by atoms with van der Waals surface area (Å²) >= 11 is 0. The van der Waals surface area contributed by atoms with Gasteiger partial charge in [0.05, 0.1) is 18.1 Å². The summed E-state index contributed by atoms with van der Waals surface area (Å²) in [4.78, 5) is 32.1. The summed E-state index contributed by atoms with van der Waals surface area (Å²) in [5, 5.41) is 3.40. The number of carbonyl (C=O) groups is 2. The number of hydrogen-bond donors (Lipinski definition) is 1. The number of hydrogen-bond acceptors (Lipinski definition) is 4. The Morgan fingerprint density at radius 1 is 1.09 bits per heavy atom. The molecule has 3 fully saturated rings. The van der Waals surface area contributed by atoms with Crippen LogP contribution < -0.4 is 5.32 Å². The smallest absolute Gasteiger partial charge is 0.254 e. The fourth-order valence-electron chi connectivity index (χ4n) is 7.32. The van der Waals surface area contributed by atoms with Gasteiger partial charge in [0.1, 0.15) is 0 Å². The Morgan fingerprint density at radius 2 is 1.88 bits per heavy atom. The van der Waals surface area contributed by atoms with Gasteiger partial charge in [0, 0.05) is 31.8 Å². The van der Waals surface area contributed by atoms with Crippen molar-refractivity contribution in [2.24, 2.45) is 5.92 Å². The highest BCUT2D eigenvalue weighted by Gasteiger charge is 2.55. The van der Waals surface area contributed by atoms with E-state index in [4.69, 9.17) is 4.74 Å². The van der Waals surface area contributed by atoms with Gasteiger partial charge in [-0.05, 0) is 69.2 Å². The Kier molecular flexibility index (Phi) is 6.75. The maximum absolute atomic E-state index is 14.0. The van der Waals surface area contributed by atoms with Gasteiger partial charge in [-0.2, -0.15) is 0 Å². The Bertz CT molecular complexity index is 864. The normalized spacial score (nSPS) is 29.1. The lowest BCUT2D eigenvalue weighted by Gasteiger charge is -2.50. The number of rotatable bonds is 6. The van der Waals surface area contributed by atoms with E-state index in [0.717, 1.165) is 37.8 Å². The third-order valence-corrected chi connectivity index (χ3v) is 8.84. The highest BCUT2D eigenvalue weighted by atomic mass is 16.5. The molecule has 0 bridgehead atoms. The zero-order valence-electron chi connectivity index (χ0n) is 20.1.